The standard InChI is InChI=1S/C12H20N4O2/c1-16(2)11-7-10(9-3-6-18-8-9)14-12(15-11)13-4-5-17/h7,9,17H,3-6,8H2,1-2H3,(H,13,14,15). The average molecular weight is 252 g/mol. The number of aliphatic hydroxyl groups is 1. The summed E-state index contributed by atoms with van der Waals surface area (Å²) < 4.78 is 5.40. The van der Waals surface area contributed by atoms with E-state index in [4.69, 9.17) is 9.84 Å². The quantitative estimate of drug-likeness (QED) is 0.793. The zero-order chi connectivity index (χ0) is 13.0. The van der Waals surface area contributed by atoms with Gasteiger partial charge in [-0.05, 0) is 6.42 Å². The normalized spacial score (nSPS) is 18.9. The van der Waals surface area contributed by atoms with Gasteiger partial charge in [-0.2, -0.15) is 4.98 Å². The molecule has 1 aliphatic rings. The molecule has 0 bridgehead atoms. The first-order chi connectivity index (χ1) is 8.70. The number of nitrogens with zero attached hydrogens (tertiary/aromatic N) is 3. The fourth-order valence-corrected chi connectivity index (χ4v) is 1.91. The van der Waals surface area contributed by atoms with Gasteiger partial charge in [0, 0.05) is 39.2 Å². The second-order valence-corrected chi connectivity index (χ2v) is 4.58. The molecular formula is C12H20N4O2. The number of nitrogens with one attached hydrogen (secondary N) is 1. The average Bonchev–Trinajstić information content (AvgIpc) is 2.89. The summed E-state index contributed by atoms with van der Waals surface area (Å²) in [7, 11) is 3.90. The van der Waals surface area contributed by atoms with E-state index in [0.29, 0.717) is 18.4 Å². The number of rotatable bonds is 5. The highest BCUT2D eigenvalue weighted by Crippen LogP contribution is 2.26. The summed E-state index contributed by atoms with van der Waals surface area (Å²) in [6.45, 7) is 2.05. The highest BCUT2D eigenvalue weighted by atomic mass is 16.5. The van der Waals surface area contributed by atoms with Crippen LogP contribution in [0.15, 0.2) is 6.07 Å². The van der Waals surface area contributed by atoms with Gasteiger partial charge in [0.25, 0.3) is 0 Å². The van der Waals surface area contributed by atoms with Gasteiger partial charge < -0.3 is 20.1 Å². The number of ether oxygens (including phenoxy) is 1. The largest absolute Gasteiger partial charge is 0.395 e. The minimum atomic E-state index is 0.0669. The fraction of sp³-hybridized carbons (Fsp3) is 0.667. The third-order valence-electron chi connectivity index (χ3n) is 2.93. The molecule has 0 amide bonds. The topological polar surface area (TPSA) is 70.5 Å². The van der Waals surface area contributed by atoms with E-state index in [0.717, 1.165) is 31.1 Å². The van der Waals surface area contributed by atoms with Crippen LogP contribution in [0.5, 0.6) is 0 Å². The van der Waals surface area contributed by atoms with Gasteiger partial charge in [0.15, 0.2) is 0 Å². The Bertz CT molecular complexity index is 392. The zero-order valence-corrected chi connectivity index (χ0v) is 10.9. The van der Waals surface area contributed by atoms with Crippen molar-refractivity contribution in [2.75, 3.05) is 50.7 Å². The summed E-state index contributed by atoms with van der Waals surface area (Å²) in [5.41, 5.74) is 1.01. The molecule has 1 saturated heterocycles. The number of aromatic nitrogens is 2. The Balaban J connectivity index is 2.23. The lowest BCUT2D eigenvalue weighted by Gasteiger charge is -2.16. The van der Waals surface area contributed by atoms with Crippen molar-refractivity contribution in [1.82, 2.24) is 9.97 Å². The molecule has 0 aliphatic carbocycles. The molecule has 100 valence electrons. The highest BCUT2D eigenvalue weighted by molar-refractivity contribution is 5.44. The van der Waals surface area contributed by atoms with Crippen molar-refractivity contribution in [1.29, 1.82) is 0 Å². The molecule has 2 heterocycles. The first kappa shape index (κ1) is 13.0. The van der Waals surface area contributed by atoms with E-state index in [2.05, 4.69) is 15.3 Å². The van der Waals surface area contributed by atoms with Gasteiger partial charge in [0.1, 0.15) is 5.82 Å². The molecule has 2 N–H and O–H groups in total. The van der Waals surface area contributed by atoms with Gasteiger partial charge in [-0.1, -0.05) is 0 Å². The summed E-state index contributed by atoms with van der Waals surface area (Å²) in [6, 6.07) is 2.00. The molecule has 1 aliphatic heterocycles. The Kier molecular flexibility index (Phi) is 4.33. The molecule has 6 heteroatoms. The van der Waals surface area contributed by atoms with E-state index in [1.807, 2.05) is 25.1 Å². The third-order valence-corrected chi connectivity index (χ3v) is 2.93. The van der Waals surface area contributed by atoms with Crippen LogP contribution in [0.3, 0.4) is 0 Å². The van der Waals surface area contributed by atoms with Crippen molar-refractivity contribution in [3.63, 3.8) is 0 Å². The van der Waals surface area contributed by atoms with Crippen LogP contribution in [0.2, 0.25) is 0 Å². The zero-order valence-electron chi connectivity index (χ0n) is 10.9. The lowest BCUT2D eigenvalue weighted by Crippen LogP contribution is -2.16. The molecule has 0 saturated carbocycles. The predicted molar refractivity (Wildman–Crippen MR) is 70.1 cm³/mol. The van der Waals surface area contributed by atoms with E-state index >= 15 is 0 Å². The van der Waals surface area contributed by atoms with E-state index in [9.17, 15) is 0 Å². The first-order valence-corrected chi connectivity index (χ1v) is 6.19. The minimum absolute atomic E-state index is 0.0669. The number of hydrogen-bond donors (Lipinski definition) is 2. The molecule has 1 unspecified atom stereocenters. The second-order valence-electron chi connectivity index (χ2n) is 4.58. The van der Waals surface area contributed by atoms with Crippen LogP contribution in [-0.4, -0.2) is 55.5 Å². The summed E-state index contributed by atoms with van der Waals surface area (Å²) in [5.74, 6) is 1.78. The molecule has 2 rings (SSSR count). The lowest BCUT2D eigenvalue weighted by atomic mass is 10.0. The molecule has 1 aromatic heterocycles. The number of hydrogen-bond acceptors (Lipinski definition) is 6. The molecule has 18 heavy (non-hydrogen) atoms. The molecule has 6 nitrogen and oxygen atoms in total. The van der Waals surface area contributed by atoms with E-state index in [1.54, 1.807) is 0 Å². The molecule has 1 aromatic rings. The van der Waals surface area contributed by atoms with Crippen molar-refractivity contribution >= 4 is 11.8 Å². The van der Waals surface area contributed by atoms with Gasteiger partial charge in [-0.25, -0.2) is 4.98 Å². The summed E-state index contributed by atoms with van der Waals surface area (Å²) >= 11 is 0. The number of anilines is 2. The van der Waals surface area contributed by atoms with Crippen LogP contribution in [-0.2, 0) is 4.74 Å². The molecule has 0 aromatic carbocycles. The predicted octanol–water partition coefficient (Wildman–Crippen LogP) is 0.451. The molecule has 1 atom stereocenters. The Labute approximate surface area is 107 Å². The fourth-order valence-electron chi connectivity index (χ4n) is 1.91. The number of aliphatic hydroxyl groups excluding tert-OH is 1. The van der Waals surface area contributed by atoms with Crippen molar-refractivity contribution < 1.29 is 9.84 Å². The summed E-state index contributed by atoms with van der Waals surface area (Å²) in [6.07, 6.45) is 1.00. The van der Waals surface area contributed by atoms with Crippen LogP contribution >= 0.6 is 0 Å². The monoisotopic (exact) mass is 252 g/mol. The van der Waals surface area contributed by atoms with Crippen LogP contribution in [0, 0.1) is 0 Å². The van der Waals surface area contributed by atoms with Crippen LogP contribution in [0.1, 0.15) is 18.0 Å². The van der Waals surface area contributed by atoms with Gasteiger partial charge >= 0.3 is 0 Å². The van der Waals surface area contributed by atoms with Crippen molar-refractivity contribution in [3.8, 4) is 0 Å². The molecule has 0 radical (unpaired) electrons. The lowest BCUT2D eigenvalue weighted by molar-refractivity contribution is 0.193. The van der Waals surface area contributed by atoms with Gasteiger partial charge in [0.05, 0.1) is 18.9 Å². The molecule has 0 spiro atoms. The Morgan fingerprint density at radius 2 is 2.33 bits per heavy atom. The van der Waals surface area contributed by atoms with E-state index < -0.39 is 0 Å². The van der Waals surface area contributed by atoms with Crippen molar-refractivity contribution in [3.05, 3.63) is 11.8 Å². The van der Waals surface area contributed by atoms with Crippen molar-refractivity contribution in [2.45, 2.75) is 12.3 Å². The summed E-state index contributed by atoms with van der Waals surface area (Å²) in [4.78, 5) is 10.8. The van der Waals surface area contributed by atoms with Crippen LogP contribution < -0.4 is 10.2 Å². The van der Waals surface area contributed by atoms with Crippen molar-refractivity contribution in [2.24, 2.45) is 0 Å². The highest BCUT2D eigenvalue weighted by Gasteiger charge is 2.21. The second kappa shape index (κ2) is 5.97. The van der Waals surface area contributed by atoms with Gasteiger partial charge in [-0.15, -0.1) is 0 Å². The van der Waals surface area contributed by atoms with E-state index in [-0.39, 0.29) is 6.61 Å². The SMILES string of the molecule is CN(C)c1cc(C2CCOC2)nc(NCCO)n1. The summed E-state index contributed by atoms with van der Waals surface area (Å²) in [5, 5.41) is 11.9. The molecular weight excluding hydrogens is 232 g/mol. The smallest absolute Gasteiger partial charge is 0.224 e. The first-order valence-electron chi connectivity index (χ1n) is 6.19. The van der Waals surface area contributed by atoms with Crippen LogP contribution in [0.25, 0.3) is 0 Å². The van der Waals surface area contributed by atoms with Crippen LogP contribution in [0.4, 0.5) is 11.8 Å². The Morgan fingerprint density at radius 1 is 1.50 bits per heavy atom. The third kappa shape index (κ3) is 3.08. The van der Waals surface area contributed by atoms with E-state index in [1.165, 1.54) is 0 Å². The van der Waals surface area contributed by atoms with Gasteiger partial charge in [0.2, 0.25) is 5.95 Å². The maximum absolute atomic E-state index is 8.84. The van der Waals surface area contributed by atoms with Gasteiger partial charge in [-0.3, -0.25) is 0 Å². The maximum Gasteiger partial charge on any atom is 0.224 e. The maximum atomic E-state index is 8.84. The Morgan fingerprint density at radius 3 is 2.94 bits per heavy atom. The molecule has 1 fully saturated rings. The Hall–Kier alpha value is -1.40. The minimum Gasteiger partial charge on any atom is -0.395 e.